The number of nitrogens with zero attached hydrogens (tertiary/aromatic N) is 2. The Labute approximate surface area is 196 Å². The first-order valence-electron chi connectivity index (χ1n) is 11.3. The van der Waals surface area contributed by atoms with E-state index in [9.17, 15) is 9.59 Å². The van der Waals surface area contributed by atoms with Gasteiger partial charge in [-0.05, 0) is 56.0 Å². The van der Waals surface area contributed by atoms with Gasteiger partial charge in [0, 0.05) is 19.6 Å². The molecule has 0 radical (unpaired) electrons. The quantitative estimate of drug-likeness (QED) is 0.521. The van der Waals surface area contributed by atoms with Gasteiger partial charge >= 0.3 is 6.03 Å². The molecular weight excluding hydrogens is 422 g/mol. The van der Waals surface area contributed by atoms with Crippen LogP contribution in [0.2, 0.25) is 0 Å². The number of nitrogens with one attached hydrogen (secondary N) is 1. The maximum atomic E-state index is 13.3. The fourth-order valence-electron chi connectivity index (χ4n) is 3.54. The van der Waals surface area contributed by atoms with Crippen LogP contribution in [-0.4, -0.2) is 62.1 Å². The first-order valence-corrected chi connectivity index (χ1v) is 11.3. The summed E-state index contributed by atoms with van der Waals surface area (Å²) in [6.07, 6.45) is 0.622. The van der Waals surface area contributed by atoms with E-state index in [4.69, 9.17) is 13.9 Å². The number of furan rings is 1. The van der Waals surface area contributed by atoms with Crippen molar-refractivity contribution in [2.75, 3.05) is 40.4 Å². The molecule has 33 heavy (non-hydrogen) atoms. The van der Waals surface area contributed by atoms with Crippen LogP contribution in [0.15, 0.2) is 34.7 Å². The lowest BCUT2D eigenvalue weighted by Gasteiger charge is -2.28. The Morgan fingerprint density at radius 2 is 1.79 bits per heavy atom. The maximum absolute atomic E-state index is 13.3. The molecule has 1 N–H and O–H groups in total. The number of hydrogen-bond donors (Lipinski definition) is 1. The molecule has 0 unspecified atom stereocenters. The molecule has 2 aromatic rings. The number of hydrogen-bond acceptors (Lipinski definition) is 5. The van der Waals surface area contributed by atoms with Gasteiger partial charge in [-0.15, -0.1) is 0 Å². The highest BCUT2D eigenvalue weighted by molar-refractivity contribution is 5.84. The minimum absolute atomic E-state index is 0.00956. The van der Waals surface area contributed by atoms with Gasteiger partial charge in [0.15, 0.2) is 11.5 Å². The summed E-state index contributed by atoms with van der Waals surface area (Å²) in [5, 5.41) is 2.80. The molecule has 0 atom stereocenters. The zero-order valence-corrected chi connectivity index (χ0v) is 20.6. The highest BCUT2D eigenvalue weighted by atomic mass is 16.5. The van der Waals surface area contributed by atoms with Crippen molar-refractivity contribution in [2.45, 2.75) is 40.7 Å². The van der Waals surface area contributed by atoms with Crippen LogP contribution in [-0.2, 0) is 17.8 Å². The molecule has 0 saturated heterocycles. The van der Waals surface area contributed by atoms with Crippen molar-refractivity contribution >= 4 is 11.9 Å². The zero-order chi connectivity index (χ0) is 24.4. The van der Waals surface area contributed by atoms with Crippen LogP contribution in [0.3, 0.4) is 0 Å². The van der Waals surface area contributed by atoms with Gasteiger partial charge < -0.3 is 29.0 Å². The van der Waals surface area contributed by atoms with E-state index < -0.39 is 0 Å². The second-order valence-electron chi connectivity index (χ2n) is 8.38. The molecule has 0 aliphatic rings. The van der Waals surface area contributed by atoms with Crippen LogP contribution in [0.1, 0.15) is 37.9 Å². The monoisotopic (exact) mass is 459 g/mol. The minimum atomic E-state index is -0.228. The molecule has 0 aliphatic heterocycles. The SMILES string of the molecule is CCNC(=O)N(CC(=O)N(CCc1ccc(OC)c(OC)c1)Cc1ccc(C)o1)CC(C)C. The highest BCUT2D eigenvalue weighted by Crippen LogP contribution is 2.27. The van der Waals surface area contributed by atoms with Crippen molar-refractivity contribution < 1.29 is 23.5 Å². The normalized spacial score (nSPS) is 10.8. The number of amides is 3. The van der Waals surface area contributed by atoms with Gasteiger partial charge in [-0.1, -0.05) is 19.9 Å². The lowest BCUT2D eigenvalue weighted by Crippen LogP contribution is -2.48. The Hall–Kier alpha value is -3.16. The van der Waals surface area contributed by atoms with Crippen LogP contribution < -0.4 is 14.8 Å². The smallest absolute Gasteiger partial charge is 0.317 e. The third-order valence-corrected chi connectivity index (χ3v) is 5.14. The molecule has 1 aromatic heterocycles. The Kier molecular flexibility index (Phi) is 10.1. The molecule has 8 nitrogen and oxygen atoms in total. The van der Waals surface area contributed by atoms with Crippen LogP contribution in [0.5, 0.6) is 11.5 Å². The van der Waals surface area contributed by atoms with Crippen LogP contribution in [0.4, 0.5) is 4.79 Å². The van der Waals surface area contributed by atoms with Crippen molar-refractivity contribution in [3.63, 3.8) is 0 Å². The summed E-state index contributed by atoms with van der Waals surface area (Å²) in [5.74, 6) is 2.92. The van der Waals surface area contributed by atoms with Gasteiger partial charge in [0.05, 0.1) is 20.8 Å². The number of carbonyl (C=O) groups is 2. The molecule has 3 amide bonds. The Morgan fingerprint density at radius 3 is 2.36 bits per heavy atom. The predicted octanol–water partition coefficient (Wildman–Crippen LogP) is 3.86. The Bertz CT molecular complexity index is 909. The minimum Gasteiger partial charge on any atom is -0.493 e. The highest BCUT2D eigenvalue weighted by Gasteiger charge is 2.23. The molecular formula is C25H37N3O5. The van der Waals surface area contributed by atoms with E-state index in [2.05, 4.69) is 5.32 Å². The summed E-state index contributed by atoms with van der Waals surface area (Å²) in [6, 6.07) is 9.26. The van der Waals surface area contributed by atoms with E-state index in [0.29, 0.717) is 49.9 Å². The molecule has 182 valence electrons. The number of rotatable bonds is 12. The standard InChI is InChI=1S/C25H37N3O5/c1-7-26-25(30)28(15-18(2)3)17-24(29)27(16-21-10-8-19(4)33-21)13-12-20-9-11-22(31-5)23(14-20)32-6/h8-11,14,18H,7,12-13,15-17H2,1-6H3,(H,26,30). The predicted molar refractivity (Wildman–Crippen MR) is 128 cm³/mol. The fourth-order valence-corrected chi connectivity index (χ4v) is 3.54. The third kappa shape index (κ3) is 8.04. The molecule has 8 heteroatoms. The van der Waals surface area contributed by atoms with Crippen LogP contribution in [0.25, 0.3) is 0 Å². The van der Waals surface area contributed by atoms with Gasteiger partial charge in [-0.3, -0.25) is 4.79 Å². The number of aryl methyl sites for hydroxylation is 1. The summed E-state index contributed by atoms with van der Waals surface area (Å²) in [6.45, 7) is 9.62. The second-order valence-corrected chi connectivity index (χ2v) is 8.38. The third-order valence-electron chi connectivity index (χ3n) is 5.14. The molecule has 0 aliphatic carbocycles. The molecule has 1 heterocycles. The van der Waals surface area contributed by atoms with Gasteiger partial charge in [0.2, 0.25) is 5.91 Å². The maximum Gasteiger partial charge on any atom is 0.317 e. The largest absolute Gasteiger partial charge is 0.493 e. The van der Waals surface area contributed by atoms with Gasteiger partial charge in [0.1, 0.15) is 18.1 Å². The fraction of sp³-hybridized carbons (Fsp3) is 0.520. The first-order chi connectivity index (χ1) is 15.8. The topological polar surface area (TPSA) is 84.3 Å². The zero-order valence-electron chi connectivity index (χ0n) is 20.6. The number of methoxy groups -OCH3 is 2. The van der Waals surface area contributed by atoms with E-state index in [0.717, 1.165) is 11.3 Å². The summed E-state index contributed by atoms with van der Waals surface area (Å²) in [7, 11) is 3.20. The van der Waals surface area contributed by atoms with E-state index in [1.54, 1.807) is 24.0 Å². The lowest BCUT2D eigenvalue weighted by molar-refractivity contribution is -0.132. The van der Waals surface area contributed by atoms with Crippen molar-refractivity contribution in [2.24, 2.45) is 5.92 Å². The summed E-state index contributed by atoms with van der Waals surface area (Å²) in [5.41, 5.74) is 1.02. The number of urea groups is 1. The van der Waals surface area contributed by atoms with E-state index >= 15 is 0 Å². The Morgan fingerprint density at radius 1 is 1.06 bits per heavy atom. The average molecular weight is 460 g/mol. The first kappa shape index (κ1) is 26.1. The molecule has 0 saturated carbocycles. The van der Waals surface area contributed by atoms with Gasteiger partial charge in [0.25, 0.3) is 0 Å². The van der Waals surface area contributed by atoms with E-state index in [-0.39, 0.29) is 24.4 Å². The molecule has 2 rings (SSSR count). The number of carbonyl (C=O) groups excluding carboxylic acids is 2. The van der Waals surface area contributed by atoms with Gasteiger partial charge in [-0.2, -0.15) is 0 Å². The number of benzene rings is 1. The average Bonchev–Trinajstić information content (AvgIpc) is 3.20. The lowest BCUT2D eigenvalue weighted by atomic mass is 10.1. The number of ether oxygens (including phenoxy) is 2. The summed E-state index contributed by atoms with van der Waals surface area (Å²) >= 11 is 0. The van der Waals surface area contributed by atoms with E-state index in [1.807, 2.05) is 58.0 Å². The van der Waals surface area contributed by atoms with Crippen molar-refractivity contribution in [3.05, 3.63) is 47.4 Å². The molecule has 0 fully saturated rings. The molecule has 0 bridgehead atoms. The molecule has 0 spiro atoms. The van der Waals surface area contributed by atoms with Crippen molar-refractivity contribution in [3.8, 4) is 11.5 Å². The Balaban J connectivity index is 2.18. The van der Waals surface area contributed by atoms with Crippen LogP contribution in [0, 0.1) is 12.8 Å². The van der Waals surface area contributed by atoms with Crippen molar-refractivity contribution in [1.82, 2.24) is 15.1 Å². The van der Waals surface area contributed by atoms with E-state index in [1.165, 1.54) is 0 Å². The van der Waals surface area contributed by atoms with Gasteiger partial charge in [-0.25, -0.2) is 4.79 Å². The second kappa shape index (κ2) is 12.8. The summed E-state index contributed by atoms with van der Waals surface area (Å²) in [4.78, 5) is 29.1. The van der Waals surface area contributed by atoms with Crippen LogP contribution >= 0.6 is 0 Å². The summed E-state index contributed by atoms with van der Waals surface area (Å²) < 4.78 is 16.4. The molecule has 1 aromatic carbocycles. The van der Waals surface area contributed by atoms with Crippen molar-refractivity contribution in [1.29, 1.82) is 0 Å².